The van der Waals surface area contributed by atoms with E-state index in [9.17, 15) is 9.59 Å². The number of carbonyl (C=O) groups is 2. The van der Waals surface area contributed by atoms with Crippen LogP contribution in [0.25, 0.3) is 0 Å². The van der Waals surface area contributed by atoms with Gasteiger partial charge in [-0.05, 0) is 37.7 Å². The Morgan fingerprint density at radius 3 is 2.79 bits per heavy atom. The van der Waals surface area contributed by atoms with Gasteiger partial charge < -0.3 is 4.90 Å². The number of fused-ring (bicyclic) bond motifs is 2. The van der Waals surface area contributed by atoms with Crippen molar-refractivity contribution >= 4 is 17.6 Å². The van der Waals surface area contributed by atoms with Crippen LogP contribution in [0.15, 0.2) is 35.4 Å². The van der Waals surface area contributed by atoms with Crippen LogP contribution >= 0.6 is 0 Å². The number of hydrazone groups is 1. The van der Waals surface area contributed by atoms with E-state index in [0.29, 0.717) is 25.5 Å². The fourth-order valence-corrected chi connectivity index (χ4v) is 3.76. The number of amides is 3. The van der Waals surface area contributed by atoms with E-state index in [1.807, 2.05) is 37.3 Å². The molecule has 3 atom stereocenters. The second kappa shape index (κ2) is 9.19. The van der Waals surface area contributed by atoms with Gasteiger partial charge in [-0.3, -0.25) is 9.63 Å². The smallest absolute Gasteiger partial charge is 0.309 e. The number of urea groups is 1. The van der Waals surface area contributed by atoms with Crippen LogP contribution in [0.3, 0.4) is 0 Å². The van der Waals surface area contributed by atoms with Crippen LogP contribution in [0, 0.1) is 5.92 Å². The average Bonchev–Trinajstić information content (AvgIpc) is 2.95. The molecule has 0 saturated carbocycles. The SMILES string of the molecule is CCCC(C)/C(C)=N/NC(=O)C1CCC2CN1C(=O)N2OCc1ccccc1. The van der Waals surface area contributed by atoms with Crippen LogP contribution in [0.1, 0.15) is 52.0 Å². The first-order chi connectivity index (χ1) is 13.5. The lowest BCUT2D eigenvalue weighted by molar-refractivity contribution is -0.140. The fraction of sp³-hybridized carbons (Fsp3) is 0.571. The van der Waals surface area contributed by atoms with Crippen molar-refractivity contribution in [2.75, 3.05) is 6.54 Å². The molecule has 7 nitrogen and oxygen atoms in total. The van der Waals surface area contributed by atoms with Crippen molar-refractivity contribution in [2.24, 2.45) is 11.0 Å². The first kappa shape index (κ1) is 20.3. The number of benzene rings is 1. The van der Waals surface area contributed by atoms with Gasteiger partial charge in [0.2, 0.25) is 0 Å². The standard InChI is InChI=1S/C21H30N4O3/c1-4-8-15(2)16(3)22-23-20(26)19-12-11-18-13-24(19)21(27)25(18)28-14-17-9-6-5-7-10-17/h5-7,9-10,15,18-19H,4,8,11-14H2,1-3H3,(H,23,26)/b22-16+. The largest absolute Gasteiger partial charge is 0.345 e. The first-order valence-electron chi connectivity index (χ1n) is 10.1. The molecule has 2 aliphatic rings. The van der Waals surface area contributed by atoms with Gasteiger partial charge in [0.25, 0.3) is 5.91 Å². The molecule has 3 rings (SSSR count). The van der Waals surface area contributed by atoms with Crippen LogP contribution in [0.2, 0.25) is 0 Å². The van der Waals surface area contributed by atoms with Gasteiger partial charge in [0.05, 0.1) is 6.04 Å². The zero-order valence-corrected chi connectivity index (χ0v) is 16.9. The Balaban J connectivity index is 1.57. The summed E-state index contributed by atoms with van der Waals surface area (Å²) in [6, 6.07) is 9.01. The van der Waals surface area contributed by atoms with E-state index < -0.39 is 6.04 Å². The highest BCUT2D eigenvalue weighted by Crippen LogP contribution is 2.30. The number of rotatable bonds is 8. The van der Waals surface area contributed by atoms with Gasteiger partial charge in [-0.1, -0.05) is 50.6 Å². The van der Waals surface area contributed by atoms with E-state index >= 15 is 0 Å². The topological polar surface area (TPSA) is 74.2 Å². The molecule has 152 valence electrons. The molecule has 28 heavy (non-hydrogen) atoms. The van der Waals surface area contributed by atoms with Crippen molar-refractivity contribution in [1.29, 1.82) is 0 Å². The van der Waals surface area contributed by atoms with Crippen molar-refractivity contribution < 1.29 is 14.4 Å². The first-order valence-corrected chi connectivity index (χ1v) is 10.1. The Labute approximate surface area is 166 Å². The normalized spacial score (nSPS) is 23.1. The van der Waals surface area contributed by atoms with Crippen LogP contribution in [0.5, 0.6) is 0 Å². The molecule has 3 amide bonds. The van der Waals surface area contributed by atoms with Gasteiger partial charge in [0.15, 0.2) is 0 Å². The zero-order chi connectivity index (χ0) is 20.1. The van der Waals surface area contributed by atoms with Crippen molar-refractivity contribution in [3.63, 3.8) is 0 Å². The lowest BCUT2D eigenvalue weighted by Crippen LogP contribution is -2.48. The van der Waals surface area contributed by atoms with E-state index in [-0.39, 0.29) is 18.0 Å². The molecule has 2 bridgehead atoms. The van der Waals surface area contributed by atoms with Gasteiger partial charge in [0, 0.05) is 12.3 Å². The Kier molecular flexibility index (Phi) is 6.67. The third kappa shape index (κ3) is 4.52. The molecule has 2 aliphatic heterocycles. The molecule has 2 heterocycles. The third-order valence-electron chi connectivity index (χ3n) is 5.62. The molecular weight excluding hydrogens is 356 g/mol. The molecule has 1 N–H and O–H groups in total. The van der Waals surface area contributed by atoms with Crippen LogP contribution in [0.4, 0.5) is 4.79 Å². The molecule has 2 saturated heterocycles. The Morgan fingerprint density at radius 1 is 1.32 bits per heavy atom. The van der Waals surface area contributed by atoms with Gasteiger partial charge in [0.1, 0.15) is 12.6 Å². The Hall–Kier alpha value is -2.41. The predicted molar refractivity (Wildman–Crippen MR) is 107 cm³/mol. The van der Waals surface area contributed by atoms with E-state index in [2.05, 4.69) is 24.4 Å². The summed E-state index contributed by atoms with van der Waals surface area (Å²) in [6.07, 6.45) is 3.47. The fourth-order valence-electron chi connectivity index (χ4n) is 3.76. The van der Waals surface area contributed by atoms with Gasteiger partial charge in [-0.15, -0.1) is 0 Å². The number of nitrogens with one attached hydrogen (secondary N) is 1. The molecule has 0 aromatic heterocycles. The van der Waals surface area contributed by atoms with Crippen molar-refractivity contribution in [3.8, 4) is 0 Å². The lowest BCUT2D eigenvalue weighted by atomic mass is 10.0. The monoisotopic (exact) mass is 386 g/mol. The van der Waals surface area contributed by atoms with Gasteiger partial charge in [-0.25, -0.2) is 10.2 Å². The average molecular weight is 386 g/mol. The van der Waals surface area contributed by atoms with Crippen molar-refractivity contribution in [1.82, 2.24) is 15.4 Å². The molecule has 1 aromatic rings. The number of hydroxylamine groups is 2. The quantitative estimate of drug-likeness (QED) is 0.550. The number of piperidine rings is 1. The molecule has 1 aromatic carbocycles. The number of hydrogen-bond acceptors (Lipinski definition) is 4. The summed E-state index contributed by atoms with van der Waals surface area (Å²) in [6.45, 7) is 7.02. The molecule has 0 aliphatic carbocycles. The maximum atomic E-state index is 12.8. The minimum Gasteiger partial charge on any atom is -0.309 e. The maximum absolute atomic E-state index is 12.8. The Morgan fingerprint density at radius 2 is 2.07 bits per heavy atom. The van der Waals surface area contributed by atoms with E-state index in [1.54, 1.807) is 4.90 Å². The number of nitrogens with zero attached hydrogens (tertiary/aromatic N) is 3. The summed E-state index contributed by atoms with van der Waals surface area (Å²) in [7, 11) is 0. The molecule has 0 spiro atoms. The minimum atomic E-state index is -0.493. The summed E-state index contributed by atoms with van der Waals surface area (Å²) < 4.78 is 0. The molecule has 3 unspecified atom stereocenters. The summed E-state index contributed by atoms with van der Waals surface area (Å²) >= 11 is 0. The van der Waals surface area contributed by atoms with Crippen LogP contribution in [-0.4, -0.2) is 46.2 Å². The zero-order valence-electron chi connectivity index (χ0n) is 16.9. The van der Waals surface area contributed by atoms with E-state index in [0.717, 1.165) is 30.5 Å². The van der Waals surface area contributed by atoms with Gasteiger partial charge >= 0.3 is 6.03 Å². The lowest BCUT2D eigenvalue weighted by Gasteiger charge is -2.28. The molecule has 2 fully saturated rings. The molecule has 7 heteroatoms. The molecule has 0 radical (unpaired) electrons. The van der Waals surface area contributed by atoms with Crippen LogP contribution < -0.4 is 5.43 Å². The molecular formula is C21H30N4O3. The second-order valence-electron chi connectivity index (χ2n) is 7.69. The Bertz CT molecular complexity index is 722. The second-order valence-corrected chi connectivity index (χ2v) is 7.69. The van der Waals surface area contributed by atoms with E-state index in [1.165, 1.54) is 5.06 Å². The summed E-state index contributed by atoms with van der Waals surface area (Å²) in [5.41, 5.74) is 4.58. The highest BCUT2D eigenvalue weighted by atomic mass is 16.7. The summed E-state index contributed by atoms with van der Waals surface area (Å²) in [5, 5.41) is 5.70. The number of hydrogen-bond donors (Lipinski definition) is 1. The van der Waals surface area contributed by atoms with Gasteiger partial charge in [-0.2, -0.15) is 10.2 Å². The highest BCUT2D eigenvalue weighted by molar-refractivity contribution is 5.90. The van der Waals surface area contributed by atoms with Crippen molar-refractivity contribution in [3.05, 3.63) is 35.9 Å². The summed E-state index contributed by atoms with van der Waals surface area (Å²) in [4.78, 5) is 32.8. The minimum absolute atomic E-state index is 0.00456. The predicted octanol–water partition coefficient (Wildman–Crippen LogP) is 3.32. The third-order valence-corrected chi connectivity index (χ3v) is 5.62. The van der Waals surface area contributed by atoms with Crippen molar-refractivity contribution in [2.45, 2.75) is 65.1 Å². The van der Waals surface area contributed by atoms with Crippen LogP contribution in [-0.2, 0) is 16.2 Å². The highest BCUT2D eigenvalue weighted by Gasteiger charge is 2.47. The summed E-state index contributed by atoms with van der Waals surface area (Å²) in [5.74, 6) is 0.107. The number of carbonyl (C=O) groups excluding carboxylic acids is 2. The maximum Gasteiger partial charge on any atom is 0.345 e. The van der Waals surface area contributed by atoms with E-state index in [4.69, 9.17) is 4.84 Å².